The summed E-state index contributed by atoms with van der Waals surface area (Å²) in [5.74, 6) is -0.631. The van der Waals surface area contributed by atoms with Crippen LogP contribution in [0.3, 0.4) is 0 Å². The Labute approximate surface area is 97.0 Å². The average molecular weight is 242 g/mol. The van der Waals surface area contributed by atoms with Crippen molar-refractivity contribution in [1.82, 2.24) is 31.3 Å². The molecular formula is C8H14N6O3. The predicted molar refractivity (Wildman–Crippen MR) is 55.8 cm³/mol. The molecule has 9 nitrogen and oxygen atoms in total. The molecule has 0 bridgehead atoms. The zero-order valence-corrected chi connectivity index (χ0v) is 9.52. The van der Waals surface area contributed by atoms with E-state index in [0.717, 1.165) is 0 Å². The molecule has 2 amide bonds. The molecule has 1 aromatic rings. The number of aliphatic carboxylic acids is 1. The van der Waals surface area contributed by atoms with Gasteiger partial charge in [0.1, 0.15) is 0 Å². The van der Waals surface area contributed by atoms with Gasteiger partial charge in [0.15, 0.2) is 5.82 Å². The molecule has 0 fully saturated rings. The zero-order chi connectivity index (χ0) is 12.9. The lowest BCUT2D eigenvalue weighted by Crippen LogP contribution is -2.43. The van der Waals surface area contributed by atoms with Gasteiger partial charge >= 0.3 is 12.0 Å². The zero-order valence-electron chi connectivity index (χ0n) is 9.52. The van der Waals surface area contributed by atoms with Gasteiger partial charge in [-0.15, -0.1) is 10.2 Å². The number of carbonyl (C=O) groups is 2. The minimum absolute atomic E-state index is 0.0282. The van der Waals surface area contributed by atoms with E-state index in [4.69, 9.17) is 5.11 Å². The highest BCUT2D eigenvalue weighted by atomic mass is 16.4. The van der Waals surface area contributed by atoms with E-state index < -0.39 is 17.4 Å². The van der Waals surface area contributed by atoms with Gasteiger partial charge in [-0.2, -0.15) is 5.21 Å². The first-order valence-corrected chi connectivity index (χ1v) is 4.89. The Morgan fingerprint density at radius 1 is 1.41 bits per heavy atom. The second-order valence-electron chi connectivity index (χ2n) is 4.05. The number of carboxylic acids is 1. The Balaban J connectivity index is 2.28. The molecular weight excluding hydrogens is 228 g/mol. The van der Waals surface area contributed by atoms with Crippen LogP contribution in [0, 0.1) is 5.41 Å². The minimum Gasteiger partial charge on any atom is -0.481 e. The van der Waals surface area contributed by atoms with E-state index >= 15 is 0 Å². The lowest BCUT2D eigenvalue weighted by Gasteiger charge is -2.19. The Bertz CT molecular complexity index is 388. The molecule has 1 heterocycles. The summed E-state index contributed by atoms with van der Waals surface area (Å²) < 4.78 is 0. The van der Waals surface area contributed by atoms with Crippen LogP contribution in [-0.2, 0) is 11.3 Å². The number of rotatable bonds is 5. The van der Waals surface area contributed by atoms with Crippen LogP contribution >= 0.6 is 0 Å². The number of nitrogens with one attached hydrogen (secondary N) is 3. The number of aromatic nitrogens is 4. The van der Waals surface area contributed by atoms with Gasteiger partial charge in [-0.25, -0.2) is 4.79 Å². The van der Waals surface area contributed by atoms with Gasteiger partial charge < -0.3 is 15.7 Å². The minimum atomic E-state index is -1.01. The third-order valence-corrected chi connectivity index (χ3v) is 2.07. The summed E-state index contributed by atoms with van der Waals surface area (Å²) in [6.45, 7) is 3.19. The van der Waals surface area contributed by atoms with Crippen LogP contribution in [0.15, 0.2) is 0 Å². The third-order valence-electron chi connectivity index (χ3n) is 2.07. The number of carboxylic acid groups (broad SMARTS) is 1. The van der Waals surface area contributed by atoms with Crippen molar-refractivity contribution >= 4 is 12.0 Å². The molecule has 4 N–H and O–H groups in total. The molecule has 1 aromatic heterocycles. The summed E-state index contributed by atoms with van der Waals surface area (Å²) in [4.78, 5) is 22.1. The van der Waals surface area contributed by atoms with E-state index in [1.807, 2.05) is 0 Å². The van der Waals surface area contributed by atoms with Crippen molar-refractivity contribution in [2.45, 2.75) is 20.4 Å². The first-order chi connectivity index (χ1) is 7.92. The summed E-state index contributed by atoms with van der Waals surface area (Å²) in [6, 6.07) is -0.482. The number of hydrogen-bond donors (Lipinski definition) is 4. The van der Waals surface area contributed by atoms with Crippen molar-refractivity contribution in [3.8, 4) is 0 Å². The topological polar surface area (TPSA) is 133 Å². The monoisotopic (exact) mass is 242 g/mol. The standard InChI is InChI=1S/C8H14N6O3/c1-8(2,6(15)16)4-10-7(17)9-3-5-11-13-14-12-5/h3-4H2,1-2H3,(H,15,16)(H2,9,10,17)(H,11,12,13,14). The number of hydrogen-bond acceptors (Lipinski definition) is 5. The maximum absolute atomic E-state index is 11.3. The molecule has 0 saturated heterocycles. The molecule has 0 spiro atoms. The van der Waals surface area contributed by atoms with Crippen LogP contribution in [-0.4, -0.2) is 44.3 Å². The van der Waals surface area contributed by atoms with Crippen LogP contribution in [0.5, 0.6) is 0 Å². The fraction of sp³-hybridized carbons (Fsp3) is 0.625. The van der Waals surface area contributed by atoms with E-state index in [0.29, 0.717) is 5.82 Å². The van der Waals surface area contributed by atoms with Gasteiger partial charge in [0.25, 0.3) is 0 Å². The second kappa shape index (κ2) is 5.23. The van der Waals surface area contributed by atoms with E-state index in [9.17, 15) is 9.59 Å². The van der Waals surface area contributed by atoms with Crippen LogP contribution in [0.2, 0.25) is 0 Å². The molecule has 0 aliphatic carbocycles. The summed E-state index contributed by atoms with van der Waals surface area (Å²) in [7, 11) is 0. The van der Waals surface area contributed by atoms with Crippen molar-refractivity contribution in [1.29, 1.82) is 0 Å². The molecule has 0 radical (unpaired) electrons. The average Bonchev–Trinajstić information content (AvgIpc) is 2.76. The fourth-order valence-corrected chi connectivity index (χ4v) is 0.856. The molecule has 0 aliphatic heterocycles. The van der Waals surface area contributed by atoms with Crippen molar-refractivity contribution in [3.63, 3.8) is 0 Å². The van der Waals surface area contributed by atoms with Gasteiger partial charge in [-0.05, 0) is 13.8 Å². The highest BCUT2D eigenvalue weighted by Crippen LogP contribution is 2.12. The molecule has 0 aromatic carbocycles. The van der Waals surface area contributed by atoms with E-state index in [2.05, 4.69) is 31.3 Å². The lowest BCUT2D eigenvalue weighted by atomic mass is 9.94. The van der Waals surface area contributed by atoms with Gasteiger partial charge in [-0.1, -0.05) is 5.21 Å². The molecule has 17 heavy (non-hydrogen) atoms. The van der Waals surface area contributed by atoms with E-state index in [1.54, 1.807) is 0 Å². The molecule has 0 atom stereocenters. The van der Waals surface area contributed by atoms with Crippen LogP contribution in [0.1, 0.15) is 19.7 Å². The molecule has 94 valence electrons. The normalized spacial score (nSPS) is 10.9. The van der Waals surface area contributed by atoms with Gasteiger partial charge in [0.05, 0.1) is 12.0 Å². The van der Waals surface area contributed by atoms with E-state index in [-0.39, 0.29) is 13.1 Å². The number of aromatic amines is 1. The number of tetrazole rings is 1. The highest BCUT2D eigenvalue weighted by molar-refractivity contribution is 5.77. The predicted octanol–water partition coefficient (Wildman–Crippen LogP) is -0.890. The molecule has 0 unspecified atom stereocenters. The SMILES string of the molecule is CC(C)(CNC(=O)NCc1nn[nH]n1)C(=O)O. The Morgan fingerprint density at radius 3 is 2.65 bits per heavy atom. The Kier molecular flexibility index (Phi) is 3.96. The number of amides is 2. The maximum Gasteiger partial charge on any atom is 0.315 e. The summed E-state index contributed by atoms with van der Waals surface area (Å²) in [5.41, 5.74) is -1.01. The van der Waals surface area contributed by atoms with Crippen LogP contribution in [0.25, 0.3) is 0 Å². The maximum atomic E-state index is 11.3. The number of carbonyl (C=O) groups excluding carboxylic acids is 1. The first-order valence-electron chi connectivity index (χ1n) is 4.89. The Morgan fingerprint density at radius 2 is 2.12 bits per heavy atom. The van der Waals surface area contributed by atoms with Gasteiger partial charge in [-0.3, -0.25) is 4.79 Å². The number of nitrogens with zero attached hydrogens (tertiary/aromatic N) is 3. The van der Waals surface area contributed by atoms with Crippen LogP contribution < -0.4 is 10.6 Å². The van der Waals surface area contributed by atoms with E-state index in [1.165, 1.54) is 13.8 Å². The van der Waals surface area contributed by atoms with Crippen molar-refractivity contribution < 1.29 is 14.7 Å². The number of H-pyrrole nitrogens is 1. The second-order valence-corrected chi connectivity index (χ2v) is 4.05. The van der Waals surface area contributed by atoms with Crippen molar-refractivity contribution in [2.75, 3.05) is 6.54 Å². The molecule has 9 heteroatoms. The molecule has 1 rings (SSSR count). The Hall–Kier alpha value is -2.19. The highest BCUT2D eigenvalue weighted by Gasteiger charge is 2.27. The molecule has 0 aliphatic rings. The first kappa shape index (κ1) is 12.9. The lowest BCUT2D eigenvalue weighted by molar-refractivity contribution is -0.146. The summed E-state index contributed by atoms with van der Waals surface area (Å²) >= 11 is 0. The van der Waals surface area contributed by atoms with Crippen LogP contribution in [0.4, 0.5) is 4.79 Å². The van der Waals surface area contributed by atoms with Crippen molar-refractivity contribution in [2.24, 2.45) is 5.41 Å². The molecule has 0 saturated carbocycles. The quantitative estimate of drug-likeness (QED) is 0.529. The largest absolute Gasteiger partial charge is 0.481 e. The number of urea groups is 1. The fourth-order valence-electron chi connectivity index (χ4n) is 0.856. The van der Waals surface area contributed by atoms with Crippen molar-refractivity contribution in [3.05, 3.63) is 5.82 Å². The summed E-state index contributed by atoms with van der Waals surface area (Å²) in [6.07, 6.45) is 0. The van der Waals surface area contributed by atoms with Gasteiger partial charge in [0, 0.05) is 6.54 Å². The third kappa shape index (κ3) is 4.05. The summed E-state index contributed by atoms with van der Waals surface area (Å²) in [5, 5.41) is 26.6. The smallest absolute Gasteiger partial charge is 0.315 e. The van der Waals surface area contributed by atoms with Gasteiger partial charge in [0.2, 0.25) is 0 Å².